The number of para-hydroxylation sites is 2. The second-order valence-corrected chi connectivity index (χ2v) is 13.2. The lowest BCUT2D eigenvalue weighted by atomic mass is 9.77. The minimum Gasteiger partial charge on any atom is -0.497 e. The summed E-state index contributed by atoms with van der Waals surface area (Å²) in [6, 6.07) is 48.3. The van der Waals surface area contributed by atoms with Crippen LogP contribution in [0.4, 0.5) is 0 Å². The van der Waals surface area contributed by atoms with E-state index in [4.69, 9.17) is 9.72 Å². The van der Waals surface area contributed by atoms with Gasteiger partial charge in [-0.25, -0.2) is 4.98 Å². The van der Waals surface area contributed by atoms with Crippen LogP contribution in [0, 0.1) is 0 Å². The molecule has 4 nitrogen and oxygen atoms in total. The van der Waals surface area contributed by atoms with Crippen LogP contribution in [-0.2, 0) is 25.7 Å². The number of ether oxygens (including phenoxy) is 1. The highest BCUT2D eigenvalue weighted by Gasteiger charge is 2.39. The van der Waals surface area contributed by atoms with Crippen molar-refractivity contribution in [1.82, 2.24) is 9.55 Å². The van der Waals surface area contributed by atoms with E-state index in [1.807, 2.05) is 0 Å². The van der Waals surface area contributed by atoms with Crippen molar-refractivity contribution in [2.45, 2.75) is 25.7 Å². The molecule has 0 aliphatic heterocycles. The highest BCUT2D eigenvalue weighted by atomic mass is 16.5. The Kier molecular flexibility index (Phi) is 6.32. The summed E-state index contributed by atoms with van der Waals surface area (Å²) in [5, 5.41) is 2.48. The molecule has 5 aromatic carbocycles. The summed E-state index contributed by atoms with van der Waals surface area (Å²) in [4.78, 5) is 5.24. The number of aryl methyl sites for hydroxylation is 2. The Balaban J connectivity index is 1.27. The minimum absolute atomic E-state index is 0.877. The molecular weight excluding hydrogens is 599 g/mol. The number of benzene rings is 5. The van der Waals surface area contributed by atoms with Gasteiger partial charge in [0.2, 0.25) is 17.1 Å². The van der Waals surface area contributed by atoms with Gasteiger partial charge < -0.3 is 4.74 Å². The summed E-state index contributed by atoms with van der Waals surface area (Å²) in [7, 11) is 1.73. The van der Waals surface area contributed by atoms with Crippen LogP contribution in [0.15, 0.2) is 140 Å². The summed E-state index contributed by atoms with van der Waals surface area (Å²) < 4.78 is 10.4. The number of methoxy groups -OCH3 is 1. The average Bonchev–Trinajstić information content (AvgIpc) is 3.51. The number of pyridine rings is 2. The Labute approximate surface area is 285 Å². The van der Waals surface area contributed by atoms with Crippen LogP contribution in [0.5, 0.6) is 5.75 Å². The van der Waals surface area contributed by atoms with Gasteiger partial charge in [0, 0.05) is 33.5 Å². The topological polar surface area (TPSA) is 30.9 Å². The summed E-state index contributed by atoms with van der Waals surface area (Å²) in [5.74, 6) is 1.79. The van der Waals surface area contributed by atoms with Crippen LogP contribution in [0.1, 0.15) is 22.3 Å². The maximum Gasteiger partial charge on any atom is 0.230 e. The minimum atomic E-state index is 0.877. The molecule has 2 aliphatic rings. The third kappa shape index (κ3) is 4.23. The Morgan fingerprint density at radius 2 is 1.12 bits per heavy atom. The highest BCUT2D eigenvalue weighted by Crippen LogP contribution is 2.45. The van der Waals surface area contributed by atoms with Crippen molar-refractivity contribution >= 4 is 21.8 Å². The number of hydrogen-bond donors (Lipinski definition) is 0. The zero-order valence-electron chi connectivity index (χ0n) is 27.4. The van der Waals surface area contributed by atoms with E-state index in [9.17, 15) is 0 Å². The standard InChI is InChI=1S/C45H34N3O/c1-49-33-23-18-31(19-24-33)43-38-25-20-29-10-2-4-12-34(29)44(38)47(45-35-13-5-3-11-30(35)21-26-39(43)45)32-22-27-42(46-28-32)48-40-16-8-6-14-36(40)37-15-7-9-17-41(37)48/h2-19,22-24,27-28H,20-21,25-26H2,1H3/q+1. The SMILES string of the molecule is COc1ccc(-c2c3c([n+](-c4ccc(-n5c6ccccc6c6ccccc65)nc4)c4c2CCc2ccccc2-4)-c2ccccc2CC3)cc1. The number of aromatic nitrogens is 3. The fourth-order valence-electron chi connectivity index (χ4n) is 8.49. The Morgan fingerprint density at radius 1 is 0.571 bits per heavy atom. The molecule has 8 aromatic rings. The molecule has 0 spiro atoms. The van der Waals surface area contributed by atoms with E-state index >= 15 is 0 Å². The van der Waals surface area contributed by atoms with Gasteiger partial charge in [0.05, 0.1) is 29.3 Å². The number of nitrogens with zero attached hydrogens (tertiary/aromatic N) is 3. The Bertz CT molecular complexity index is 2450. The fourth-order valence-corrected chi connectivity index (χ4v) is 8.49. The Hall–Kier alpha value is -6.00. The molecule has 0 bridgehead atoms. The predicted octanol–water partition coefficient (Wildman–Crippen LogP) is 9.66. The molecule has 0 saturated heterocycles. The van der Waals surface area contributed by atoms with E-state index in [1.54, 1.807) is 7.11 Å². The lowest BCUT2D eigenvalue weighted by Gasteiger charge is -2.28. The molecule has 49 heavy (non-hydrogen) atoms. The van der Waals surface area contributed by atoms with Crippen molar-refractivity contribution in [2.24, 2.45) is 0 Å². The highest BCUT2D eigenvalue weighted by molar-refractivity contribution is 6.09. The van der Waals surface area contributed by atoms with Crippen LogP contribution < -0.4 is 9.30 Å². The van der Waals surface area contributed by atoms with Crippen molar-refractivity contribution in [2.75, 3.05) is 7.11 Å². The maximum absolute atomic E-state index is 5.57. The maximum atomic E-state index is 5.57. The molecule has 0 N–H and O–H groups in total. The monoisotopic (exact) mass is 632 g/mol. The van der Waals surface area contributed by atoms with Crippen LogP contribution >= 0.6 is 0 Å². The largest absolute Gasteiger partial charge is 0.497 e. The molecule has 3 aromatic heterocycles. The van der Waals surface area contributed by atoms with E-state index in [2.05, 4.69) is 149 Å². The molecule has 0 fully saturated rings. The van der Waals surface area contributed by atoms with Gasteiger partial charge in [-0.3, -0.25) is 4.57 Å². The van der Waals surface area contributed by atoms with Crippen molar-refractivity contribution < 1.29 is 9.30 Å². The van der Waals surface area contributed by atoms with Gasteiger partial charge in [-0.2, -0.15) is 4.57 Å². The van der Waals surface area contributed by atoms with Gasteiger partial charge in [-0.15, -0.1) is 0 Å². The molecule has 0 amide bonds. The molecule has 0 saturated carbocycles. The van der Waals surface area contributed by atoms with E-state index in [1.165, 1.54) is 66.7 Å². The van der Waals surface area contributed by atoms with E-state index < -0.39 is 0 Å². The van der Waals surface area contributed by atoms with Gasteiger partial charge in [0.15, 0.2) is 0 Å². The molecule has 4 heteroatoms. The van der Waals surface area contributed by atoms with E-state index in [0.717, 1.165) is 54.0 Å². The van der Waals surface area contributed by atoms with Crippen molar-refractivity contribution in [3.05, 3.63) is 162 Å². The summed E-state index contributed by atoms with van der Waals surface area (Å²) in [5.41, 5.74) is 16.8. The molecule has 0 atom stereocenters. The lowest BCUT2D eigenvalue weighted by molar-refractivity contribution is -0.573. The quantitative estimate of drug-likeness (QED) is 0.181. The number of rotatable bonds is 4. The molecule has 3 heterocycles. The second kappa shape index (κ2) is 11.0. The molecular formula is C45H34N3O+. The van der Waals surface area contributed by atoms with Gasteiger partial charge in [-0.05, 0) is 84.8 Å². The normalized spacial score (nSPS) is 13.1. The van der Waals surface area contributed by atoms with Crippen molar-refractivity contribution in [3.63, 3.8) is 0 Å². The molecule has 0 unspecified atom stereocenters. The van der Waals surface area contributed by atoms with E-state index in [0.29, 0.717) is 0 Å². The van der Waals surface area contributed by atoms with Crippen molar-refractivity contribution in [1.29, 1.82) is 0 Å². The lowest BCUT2D eigenvalue weighted by Crippen LogP contribution is -2.41. The van der Waals surface area contributed by atoms with Crippen LogP contribution in [0.2, 0.25) is 0 Å². The second-order valence-electron chi connectivity index (χ2n) is 13.2. The first-order chi connectivity index (χ1) is 24.3. The first-order valence-electron chi connectivity index (χ1n) is 17.2. The van der Waals surface area contributed by atoms with Crippen LogP contribution in [0.25, 0.3) is 67.0 Å². The summed E-state index contributed by atoms with van der Waals surface area (Å²) in [6.07, 6.45) is 6.09. The summed E-state index contributed by atoms with van der Waals surface area (Å²) in [6.45, 7) is 0. The zero-order chi connectivity index (χ0) is 32.5. The smallest absolute Gasteiger partial charge is 0.230 e. The first-order valence-corrected chi connectivity index (χ1v) is 17.2. The third-order valence-electron chi connectivity index (χ3n) is 10.6. The molecule has 0 radical (unpaired) electrons. The average molecular weight is 633 g/mol. The van der Waals surface area contributed by atoms with Crippen molar-refractivity contribution in [3.8, 4) is 50.9 Å². The third-order valence-corrected chi connectivity index (χ3v) is 10.6. The summed E-state index contributed by atoms with van der Waals surface area (Å²) >= 11 is 0. The molecule has 10 rings (SSSR count). The first kappa shape index (κ1) is 28.1. The number of fused-ring (bicyclic) bond motifs is 9. The fraction of sp³-hybridized carbons (Fsp3) is 0.111. The van der Waals surface area contributed by atoms with Gasteiger partial charge >= 0.3 is 0 Å². The van der Waals surface area contributed by atoms with Crippen LogP contribution in [-0.4, -0.2) is 16.7 Å². The predicted molar refractivity (Wildman–Crippen MR) is 198 cm³/mol. The van der Waals surface area contributed by atoms with Gasteiger partial charge in [-0.1, -0.05) is 84.9 Å². The van der Waals surface area contributed by atoms with E-state index in [-0.39, 0.29) is 0 Å². The Morgan fingerprint density at radius 3 is 1.67 bits per heavy atom. The molecule has 2 aliphatic carbocycles. The zero-order valence-corrected chi connectivity index (χ0v) is 27.4. The molecule has 234 valence electrons. The number of hydrogen-bond acceptors (Lipinski definition) is 2. The van der Waals surface area contributed by atoms with Gasteiger partial charge in [0.1, 0.15) is 17.8 Å². The van der Waals surface area contributed by atoms with Crippen LogP contribution in [0.3, 0.4) is 0 Å². The van der Waals surface area contributed by atoms with Gasteiger partial charge in [0.25, 0.3) is 0 Å².